The minimum Gasteiger partial charge on any atom is -0.481 e. The van der Waals surface area contributed by atoms with E-state index in [2.05, 4.69) is 0 Å². The molecule has 0 unspecified atom stereocenters. The molecule has 0 radical (unpaired) electrons. The first-order chi connectivity index (χ1) is 4.63. The predicted molar refractivity (Wildman–Crippen MR) is 34.3 cm³/mol. The Kier molecular flexibility index (Phi) is 4.88. The minimum atomic E-state index is -1.30. The molecule has 0 saturated heterocycles. The van der Waals surface area contributed by atoms with E-state index >= 15 is 0 Å². The molecule has 0 aliphatic heterocycles. The molecule has 0 heterocycles. The Morgan fingerprint density at radius 1 is 1.30 bits per heavy atom. The third kappa shape index (κ3) is 7.39. The standard InChI is InChI=1S/C6H12O4/c7-5(8)3-1-2-4-6(9)10/h5,7-8H,1-4H2,(H,9,10). The van der Waals surface area contributed by atoms with E-state index in [1.165, 1.54) is 0 Å². The maximum Gasteiger partial charge on any atom is 0.303 e. The first-order valence-electron chi connectivity index (χ1n) is 3.21. The van der Waals surface area contributed by atoms with E-state index in [4.69, 9.17) is 15.3 Å². The molecule has 0 saturated carbocycles. The van der Waals surface area contributed by atoms with Crippen molar-refractivity contribution in [1.29, 1.82) is 0 Å². The second-order valence-electron chi connectivity index (χ2n) is 2.12. The number of aliphatic hydroxyl groups excluding tert-OH is 1. The highest BCUT2D eigenvalue weighted by Crippen LogP contribution is 2.01. The molecular formula is C6H12O4. The summed E-state index contributed by atoms with van der Waals surface area (Å²) in [5.74, 6) is -0.840. The van der Waals surface area contributed by atoms with Crippen LogP contribution in [0.5, 0.6) is 0 Å². The first kappa shape index (κ1) is 9.39. The molecule has 4 heteroatoms. The van der Waals surface area contributed by atoms with Gasteiger partial charge in [-0.15, -0.1) is 0 Å². The van der Waals surface area contributed by atoms with Crippen LogP contribution in [0.2, 0.25) is 0 Å². The lowest BCUT2D eigenvalue weighted by atomic mass is 10.2. The highest BCUT2D eigenvalue weighted by Gasteiger charge is 1.99. The van der Waals surface area contributed by atoms with E-state index in [1.807, 2.05) is 0 Å². The maximum atomic E-state index is 9.92. The molecular weight excluding hydrogens is 136 g/mol. The van der Waals surface area contributed by atoms with Gasteiger partial charge in [-0.1, -0.05) is 0 Å². The summed E-state index contributed by atoms with van der Waals surface area (Å²) in [6.45, 7) is 0. The number of unbranched alkanes of at least 4 members (excludes halogenated alkanes) is 1. The Morgan fingerprint density at radius 3 is 2.30 bits per heavy atom. The van der Waals surface area contributed by atoms with Gasteiger partial charge in [0, 0.05) is 6.42 Å². The summed E-state index contributed by atoms with van der Waals surface area (Å²) >= 11 is 0. The Balaban J connectivity index is 2.98. The average Bonchev–Trinajstić information content (AvgIpc) is 1.79. The highest BCUT2D eigenvalue weighted by molar-refractivity contribution is 5.66. The molecule has 10 heavy (non-hydrogen) atoms. The number of hydrogen-bond donors (Lipinski definition) is 3. The topological polar surface area (TPSA) is 77.8 Å². The Hall–Kier alpha value is -0.610. The number of aliphatic hydroxyl groups is 2. The van der Waals surface area contributed by atoms with E-state index < -0.39 is 12.3 Å². The summed E-state index contributed by atoms with van der Waals surface area (Å²) in [5.41, 5.74) is 0. The van der Waals surface area contributed by atoms with Gasteiger partial charge in [-0.3, -0.25) is 4.79 Å². The fourth-order valence-electron chi connectivity index (χ4n) is 0.603. The summed E-state index contributed by atoms with van der Waals surface area (Å²) in [5, 5.41) is 24.8. The minimum absolute atomic E-state index is 0.104. The number of carboxylic acid groups (broad SMARTS) is 1. The van der Waals surface area contributed by atoms with Crippen molar-refractivity contribution in [2.75, 3.05) is 0 Å². The second-order valence-corrected chi connectivity index (χ2v) is 2.12. The quantitative estimate of drug-likeness (QED) is 0.377. The third-order valence-electron chi connectivity index (χ3n) is 1.10. The van der Waals surface area contributed by atoms with Crippen molar-refractivity contribution >= 4 is 5.97 Å². The lowest BCUT2D eigenvalue weighted by Crippen LogP contribution is -2.03. The van der Waals surface area contributed by atoms with Crippen molar-refractivity contribution in [1.82, 2.24) is 0 Å². The number of carboxylic acids is 1. The van der Waals surface area contributed by atoms with Gasteiger partial charge in [0.15, 0.2) is 6.29 Å². The van der Waals surface area contributed by atoms with Crippen LogP contribution in [0.4, 0.5) is 0 Å². The molecule has 0 atom stereocenters. The largest absolute Gasteiger partial charge is 0.481 e. The van der Waals surface area contributed by atoms with Crippen LogP contribution in [0.1, 0.15) is 25.7 Å². The average molecular weight is 148 g/mol. The van der Waals surface area contributed by atoms with Crippen molar-refractivity contribution in [2.45, 2.75) is 32.0 Å². The fourth-order valence-corrected chi connectivity index (χ4v) is 0.603. The zero-order chi connectivity index (χ0) is 7.98. The molecule has 0 bridgehead atoms. The maximum absolute atomic E-state index is 9.92. The van der Waals surface area contributed by atoms with Crippen molar-refractivity contribution in [2.24, 2.45) is 0 Å². The molecule has 4 nitrogen and oxygen atoms in total. The molecule has 0 aromatic carbocycles. The Bertz CT molecular complexity index is 99.9. The van der Waals surface area contributed by atoms with Crippen molar-refractivity contribution in [3.63, 3.8) is 0 Å². The van der Waals surface area contributed by atoms with Crippen LogP contribution in [0.25, 0.3) is 0 Å². The molecule has 0 amide bonds. The zero-order valence-corrected chi connectivity index (χ0v) is 5.66. The summed E-state index contributed by atoms with van der Waals surface area (Å²) in [7, 11) is 0. The van der Waals surface area contributed by atoms with Crippen LogP contribution >= 0.6 is 0 Å². The summed E-state index contributed by atoms with van der Waals surface area (Å²) in [4.78, 5) is 9.92. The molecule has 0 fully saturated rings. The van der Waals surface area contributed by atoms with E-state index in [9.17, 15) is 4.79 Å². The van der Waals surface area contributed by atoms with Gasteiger partial charge >= 0.3 is 5.97 Å². The van der Waals surface area contributed by atoms with Crippen molar-refractivity contribution in [3.05, 3.63) is 0 Å². The molecule has 0 aromatic rings. The number of aliphatic carboxylic acids is 1. The van der Waals surface area contributed by atoms with Crippen LogP contribution < -0.4 is 0 Å². The predicted octanol–water partition coefficient (Wildman–Crippen LogP) is -0.0579. The van der Waals surface area contributed by atoms with E-state index in [1.54, 1.807) is 0 Å². The molecule has 0 aliphatic carbocycles. The summed E-state index contributed by atoms with van der Waals surface area (Å²) in [6.07, 6.45) is 0.116. The van der Waals surface area contributed by atoms with Crippen molar-refractivity contribution in [3.8, 4) is 0 Å². The van der Waals surface area contributed by atoms with E-state index in [-0.39, 0.29) is 12.8 Å². The summed E-state index contributed by atoms with van der Waals surface area (Å²) < 4.78 is 0. The Labute approximate surface area is 59.1 Å². The number of rotatable bonds is 5. The lowest BCUT2D eigenvalue weighted by Gasteiger charge is -2.00. The van der Waals surface area contributed by atoms with Crippen molar-refractivity contribution < 1.29 is 20.1 Å². The fraction of sp³-hybridized carbons (Fsp3) is 0.833. The van der Waals surface area contributed by atoms with Crippen LogP contribution in [0, 0.1) is 0 Å². The van der Waals surface area contributed by atoms with Gasteiger partial charge in [0.25, 0.3) is 0 Å². The first-order valence-corrected chi connectivity index (χ1v) is 3.21. The molecule has 0 spiro atoms. The van der Waals surface area contributed by atoms with Gasteiger partial charge in [-0.2, -0.15) is 0 Å². The lowest BCUT2D eigenvalue weighted by molar-refractivity contribution is -0.137. The van der Waals surface area contributed by atoms with Gasteiger partial charge in [0.05, 0.1) is 0 Å². The van der Waals surface area contributed by atoms with Crippen LogP contribution in [-0.4, -0.2) is 27.6 Å². The van der Waals surface area contributed by atoms with Crippen LogP contribution in [0.15, 0.2) is 0 Å². The van der Waals surface area contributed by atoms with Crippen LogP contribution in [0.3, 0.4) is 0 Å². The van der Waals surface area contributed by atoms with Gasteiger partial charge in [-0.25, -0.2) is 0 Å². The van der Waals surface area contributed by atoms with Gasteiger partial charge in [0.1, 0.15) is 0 Å². The normalized spacial score (nSPS) is 10.3. The molecule has 3 N–H and O–H groups in total. The molecule has 60 valence electrons. The van der Waals surface area contributed by atoms with Gasteiger partial charge in [0.2, 0.25) is 0 Å². The molecule has 0 rings (SSSR count). The number of carbonyl (C=O) groups is 1. The monoisotopic (exact) mass is 148 g/mol. The molecule has 0 aliphatic rings. The summed E-state index contributed by atoms with van der Waals surface area (Å²) in [6, 6.07) is 0. The zero-order valence-electron chi connectivity index (χ0n) is 5.66. The second kappa shape index (κ2) is 5.20. The van der Waals surface area contributed by atoms with Crippen LogP contribution in [-0.2, 0) is 4.79 Å². The van der Waals surface area contributed by atoms with Gasteiger partial charge < -0.3 is 15.3 Å². The molecule has 0 aromatic heterocycles. The Morgan fingerprint density at radius 2 is 1.90 bits per heavy atom. The smallest absolute Gasteiger partial charge is 0.303 e. The third-order valence-corrected chi connectivity index (χ3v) is 1.10. The number of hydrogen-bond acceptors (Lipinski definition) is 3. The SMILES string of the molecule is O=C(O)CCCCC(O)O. The van der Waals surface area contributed by atoms with E-state index in [0.29, 0.717) is 12.8 Å². The van der Waals surface area contributed by atoms with E-state index in [0.717, 1.165) is 0 Å². The van der Waals surface area contributed by atoms with Gasteiger partial charge in [-0.05, 0) is 19.3 Å². The highest BCUT2D eigenvalue weighted by atomic mass is 16.5.